The third-order valence-electron chi connectivity index (χ3n) is 5.18. The summed E-state index contributed by atoms with van der Waals surface area (Å²) in [6.45, 7) is 4.55. The second-order valence-corrected chi connectivity index (χ2v) is 7.77. The van der Waals surface area contributed by atoms with Crippen molar-refractivity contribution in [1.29, 1.82) is 0 Å². The van der Waals surface area contributed by atoms with Crippen LogP contribution >= 0.6 is 0 Å². The minimum Gasteiger partial charge on any atom is -0.221 e. The molecule has 0 amide bonds. The maximum absolute atomic E-state index is 4.67. The minimum absolute atomic E-state index is 1.00. The van der Waals surface area contributed by atoms with Gasteiger partial charge in [-0.3, -0.25) is 0 Å². The molecular formula is C23H43N3. The maximum Gasteiger partial charge on any atom is 0.132 e. The number of unbranched alkanes of at least 4 members (excludes halogenated alkanes) is 14. The van der Waals surface area contributed by atoms with Gasteiger partial charge in [0, 0.05) is 12.8 Å². The molecule has 0 saturated heterocycles. The maximum atomic E-state index is 4.67. The number of nitrogens with zero attached hydrogens (tertiary/aromatic N) is 3. The smallest absolute Gasteiger partial charge is 0.132 e. The van der Waals surface area contributed by atoms with Gasteiger partial charge in [0.2, 0.25) is 0 Å². The number of hydrogen-bond acceptors (Lipinski definition) is 3. The summed E-state index contributed by atoms with van der Waals surface area (Å²) in [5, 5.41) is 0. The third kappa shape index (κ3) is 13.2. The fraction of sp³-hybridized carbons (Fsp3) is 0.870. The van der Waals surface area contributed by atoms with Gasteiger partial charge in [0.25, 0.3) is 0 Å². The molecule has 1 aromatic rings. The van der Waals surface area contributed by atoms with E-state index in [1.807, 2.05) is 0 Å². The Bertz CT molecular complexity index is 384. The first-order valence-electron chi connectivity index (χ1n) is 11.5. The Morgan fingerprint density at radius 1 is 0.500 bits per heavy atom. The highest BCUT2D eigenvalue weighted by Crippen LogP contribution is 2.11. The van der Waals surface area contributed by atoms with E-state index in [9.17, 15) is 0 Å². The molecule has 3 nitrogen and oxygen atoms in total. The van der Waals surface area contributed by atoms with Gasteiger partial charge in [0.15, 0.2) is 0 Å². The van der Waals surface area contributed by atoms with Gasteiger partial charge in [-0.05, 0) is 12.8 Å². The molecule has 0 aliphatic rings. The van der Waals surface area contributed by atoms with Crippen molar-refractivity contribution in [1.82, 2.24) is 15.0 Å². The molecule has 0 aliphatic carbocycles. The van der Waals surface area contributed by atoms with E-state index in [0.29, 0.717) is 0 Å². The van der Waals surface area contributed by atoms with Crippen molar-refractivity contribution >= 4 is 0 Å². The molecule has 150 valence electrons. The molecule has 0 aromatic carbocycles. The van der Waals surface area contributed by atoms with Gasteiger partial charge in [-0.2, -0.15) is 0 Å². The van der Waals surface area contributed by atoms with Crippen molar-refractivity contribution in [3.8, 4) is 0 Å². The van der Waals surface area contributed by atoms with E-state index in [-0.39, 0.29) is 0 Å². The number of aryl methyl sites for hydroxylation is 2. The number of aromatic nitrogens is 3. The predicted molar refractivity (Wildman–Crippen MR) is 112 cm³/mol. The molecule has 26 heavy (non-hydrogen) atoms. The van der Waals surface area contributed by atoms with Gasteiger partial charge in [0.05, 0.1) is 0 Å². The van der Waals surface area contributed by atoms with Crippen molar-refractivity contribution in [2.24, 2.45) is 0 Å². The zero-order valence-corrected chi connectivity index (χ0v) is 17.6. The summed E-state index contributed by atoms with van der Waals surface area (Å²) in [6.07, 6.45) is 25.4. The van der Waals surface area contributed by atoms with Crippen molar-refractivity contribution in [3.05, 3.63) is 18.0 Å². The first-order valence-corrected chi connectivity index (χ1v) is 11.5. The Balaban J connectivity index is 2.03. The lowest BCUT2D eigenvalue weighted by Gasteiger charge is -2.04. The van der Waals surface area contributed by atoms with Crippen LogP contribution in [0, 0.1) is 0 Å². The second kappa shape index (κ2) is 17.4. The number of hydrogen-bond donors (Lipinski definition) is 0. The molecule has 0 N–H and O–H groups in total. The average Bonchev–Trinajstić information content (AvgIpc) is 2.66. The van der Waals surface area contributed by atoms with Crippen LogP contribution in [0.15, 0.2) is 6.33 Å². The molecule has 1 heterocycles. The molecule has 0 spiro atoms. The molecule has 1 rings (SSSR count). The van der Waals surface area contributed by atoms with Gasteiger partial charge < -0.3 is 0 Å². The molecular weight excluding hydrogens is 318 g/mol. The van der Waals surface area contributed by atoms with E-state index in [1.54, 1.807) is 6.33 Å². The Morgan fingerprint density at radius 2 is 0.846 bits per heavy atom. The summed E-state index contributed by atoms with van der Waals surface area (Å²) in [7, 11) is 0. The molecule has 0 bridgehead atoms. The lowest BCUT2D eigenvalue weighted by atomic mass is 10.1. The first kappa shape index (κ1) is 23.0. The van der Waals surface area contributed by atoms with Crippen LogP contribution in [0.2, 0.25) is 0 Å². The Morgan fingerprint density at radius 3 is 1.23 bits per heavy atom. The molecule has 3 heteroatoms. The highest BCUT2D eigenvalue weighted by molar-refractivity contribution is 4.91. The van der Waals surface area contributed by atoms with E-state index < -0.39 is 0 Å². The molecule has 0 atom stereocenters. The van der Waals surface area contributed by atoms with Gasteiger partial charge in [-0.15, -0.1) is 0 Å². The SMILES string of the molecule is CCCCCCCCCCc1ncnc(CCCCCCCCCC)n1. The molecule has 0 saturated carbocycles. The van der Waals surface area contributed by atoms with Crippen LogP contribution in [-0.2, 0) is 12.8 Å². The Labute approximate surface area is 162 Å². The fourth-order valence-electron chi connectivity index (χ4n) is 3.44. The van der Waals surface area contributed by atoms with E-state index in [4.69, 9.17) is 0 Å². The zero-order valence-electron chi connectivity index (χ0n) is 17.6. The quantitative estimate of drug-likeness (QED) is 0.259. The monoisotopic (exact) mass is 361 g/mol. The van der Waals surface area contributed by atoms with E-state index in [1.165, 1.54) is 103 Å². The lowest BCUT2D eigenvalue weighted by Crippen LogP contribution is -2.02. The van der Waals surface area contributed by atoms with Gasteiger partial charge in [-0.25, -0.2) is 15.0 Å². The molecule has 0 radical (unpaired) electrons. The Kier molecular flexibility index (Phi) is 15.4. The van der Waals surface area contributed by atoms with Crippen molar-refractivity contribution in [2.75, 3.05) is 0 Å². The van der Waals surface area contributed by atoms with E-state index in [0.717, 1.165) is 24.5 Å². The van der Waals surface area contributed by atoms with E-state index in [2.05, 4.69) is 28.8 Å². The second-order valence-electron chi connectivity index (χ2n) is 7.77. The number of rotatable bonds is 18. The van der Waals surface area contributed by atoms with Crippen LogP contribution in [0.25, 0.3) is 0 Å². The van der Waals surface area contributed by atoms with Crippen molar-refractivity contribution in [2.45, 2.75) is 129 Å². The van der Waals surface area contributed by atoms with Crippen LogP contribution in [0.3, 0.4) is 0 Å². The normalized spacial score (nSPS) is 11.2. The summed E-state index contributed by atoms with van der Waals surface area (Å²) < 4.78 is 0. The predicted octanol–water partition coefficient (Wildman–Crippen LogP) is 7.24. The minimum atomic E-state index is 1.00. The van der Waals surface area contributed by atoms with Crippen LogP contribution in [-0.4, -0.2) is 15.0 Å². The van der Waals surface area contributed by atoms with E-state index >= 15 is 0 Å². The average molecular weight is 362 g/mol. The van der Waals surface area contributed by atoms with Gasteiger partial charge in [0.1, 0.15) is 18.0 Å². The highest BCUT2D eigenvalue weighted by atomic mass is 15.0. The van der Waals surface area contributed by atoms with Crippen molar-refractivity contribution < 1.29 is 0 Å². The largest absolute Gasteiger partial charge is 0.221 e. The first-order chi connectivity index (χ1) is 12.9. The Hall–Kier alpha value is -0.990. The summed E-state index contributed by atoms with van der Waals surface area (Å²) >= 11 is 0. The van der Waals surface area contributed by atoms with Crippen molar-refractivity contribution in [3.63, 3.8) is 0 Å². The van der Waals surface area contributed by atoms with Gasteiger partial charge >= 0.3 is 0 Å². The van der Waals surface area contributed by atoms with Crippen LogP contribution < -0.4 is 0 Å². The third-order valence-corrected chi connectivity index (χ3v) is 5.18. The summed E-state index contributed by atoms with van der Waals surface area (Å²) in [5.41, 5.74) is 0. The molecule has 1 aromatic heterocycles. The summed E-state index contributed by atoms with van der Waals surface area (Å²) in [6, 6.07) is 0. The summed E-state index contributed by atoms with van der Waals surface area (Å²) in [5.74, 6) is 2.00. The van der Waals surface area contributed by atoms with Crippen LogP contribution in [0.1, 0.15) is 128 Å². The van der Waals surface area contributed by atoms with Crippen LogP contribution in [0.4, 0.5) is 0 Å². The standard InChI is InChI=1S/C23H43N3/c1-3-5-7-9-11-13-15-17-19-22-24-21-25-23(26-22)20-18-16-14-12-10-8-6-4-2/h21H,3-20H2,1-2H3. The molecule has 0 fully saturated rings. The van der Waals surface area contributed by atoms with Crippen LogP contribution in [0.5, 0.6) is 0 Å². The zero-order chi connectivity index (χ0) is 18.7. The fourth-order valence-corrected chi connectivity index (χ4v) is 3.44. The summed E-state index contributed by atoms with van der Waals surface area (Å²) in [4.78, 5) is 13.4. The molecule has 0 aliphatic heterocycles. The lowest BCUT2D eigenvalue weighted by molar-refractivity contribution is 0.565. The van der Waals surface area contributed by atoms with Gasteiger partial charge in [-0.1, -0.05) is 104 Å². The molecule has 0 unspecified atom stereocenters. The highest BCUT2D eigenvalue weighted by Gasteiger charge is 2.02. The topological polar surface area (TPSA) is 38.7 Å².